The van der Waals surface area contributed by atoms with Gasteiger partial charge in [-0.05, 0) is 18.9 Å². The third-order valence-corrected chi connectivity index (χ3v) is 3.52. The van der Waals surface area contributed by atoms with Crippen molar-refractivity contribution in [2.75, 3.05) is 24.4 Å². The van der Waals surface area contributed by atoms with Gasteiger partial charge in [0.15, 0.2) is 0 Å². The second-order valence-corrected chi connectivity index (χ2v) is 4.76. The molecule has 1 aromatic rings. The molecule has 0 saturated heterocycles. The minimum atomic E-state index is 0.626. The molecule has 17 heavy (non-hydrogen) atoms. The highest BCUT2D eigenvalue weighted by Gasteiger charge is 2.22. The number of ether oxygens (including phenoxy) is 1. The lowest BCUT2D eigenvalue weighted by Gasteiger charge is -2.30. The Bertz CT molecular complexity index is 353. The zero-order chi connectivity index (χ0) is 12.1. The highest BCUT2D eigenvalue weighted by molar-refractivity contribution is 6.18. The zero-order valence-electron chi connectivity index (χ0n) is 10.2. The molecule has 1 heterocycles. The van der Waals surface area contributed by atoms with Crippen molar-refractivity contribution in [2.24, 2.45) is 0 Å². The summed E-state index contributed by atoms with van der Waals surface area (Å²) in [6.45, 7) is 0.888. The molecule has 0 atom stereocenters. The Labute approximate surface area is 108 Å². The molecule has 1 aliphatic carbocycles. The Balaban J connectivity index is 2.18. The van der Waals surface area contributed by atoms with Gasteiger partial charge in [-0.25, -0.2) is 4.98 Å². The molecular formula is C13H19ClN2O. The predicted octanol–water partition coefficient (Wildman–Crippen LogP) is 3.08. The van der Waals surface area contributed by atoms with E-state index in [1.165, 1.54) is 31.4 Å². The second-order valence-electron chi connectivity index (χ2n) is 4.38. The average Bonchev–Trinajstić information content (AvgIpc) is 2.89. The van der Waals surface area contributed by atoms with Crippen molar-refractivity contribution in [3.8, 4) is 5.88 Å². The zero-order valence-corrected chi connectivity index (χ0v) is 11.0. The summed E-state index contributed by atoms with van der Waals surface area (Å²) in [5, 5.41) is 0. The van der Waals surface area contributed by atoms with Crippen LogP contribution in [0.1, 0.15) is 25.7 Å². The van der Waals surface area contributed by atoms with E-state index in [9.17, 15) is 0 Å². The van der Waals surface area contributed by atoms with Gasteiger partial charge in [0, 0.05) is 36.4 Å². The van der Waals surface area contributed by atoms with Crippen LogP contribution < -0.4 is 9.64 Å². The maximum atomic E-state index is 5.91. The first kappa shape index (κ1) is 12.5. The van der Waals surface area contributed by atoms with Crippen LogP contribution in [0.25, 0.3) is 0 Å². The van der Waals surface area contributed by atoms with E-state index < -0.39 is 0 Å². The Morgan fingerprint density at radius 2 is 2.24 bits per heavy atom. The number of anilines is 1. The fourth-order valence-electron chi connectivity index (χ4n) is 2.52. The summed E-state index contributed by atoms with van der Waals surface area (Å²) >= 11 is 5.91. The van der Waals surface area contributed by atoms with Gasteiger partial charge in [-0.2, -0.15) is 0 Å². The van der Waals surface area contributed by atoms with Crippen molar-refractivity contribution < 1.29 is 4.74 Å². The number of alkyl halides is 1. The Morgan fingerprint density at radius 1 is 1.47 bits per heavy atom. The van der Waals surface area contributed by atoms with Gasteiger partial charge < -0.3 is 9.64 Å². The molecule has 1 aromatic heterocycles. The van der Waals surface area contributed by atoms with E-state index in [2.05, 4.69) is 9.88 Å². The van der Waals surface area contributed by atoms with Crippen LogP contribution in [0.4, 0.5) is 5.69 Å². The molecule has 0 aromatic carbocycles. The molecule has 0 radical (unpaired) electrons. The van der Waals surface area contributed by atoms with Gasteiger partial charge in [-0.1, -0.05) is 12.8 Å². The van der Waals surface area contributed by atoms with Crippen LogP contribution >= 0.6 is 11.6 Å². The minimum absolute atomic E-state index is 0.626. The molecule has 0 aliphatic heterocycles. The standard InChI is InChI=1S/C13H19ClN2O/c1-17-13-10-12(6-8-15-13)16(9-7-14)11-4-2-3-5-11/h6,8,10-11H,2-5,7,9H2,1H3. The number of rotatable bonds is 5. The van der Waals surface area contributed by atoms with E-state index in [-0.39, 0.29) is 0 Å². The molecular weight excluding hydrogens is 236 g/mol. The topological polar surface area (TPSA) is 25.4 Å². The maximum Gasteiger partial charge on any atom is 0.214 e. The van der Waals surface area contributed by atoms with Crippen molar-refractivity contribution in [1.29, 1.82) is 0 Å². The first-order valence-electron chi connectivity index (χ1n) is 6.18. The lowest BCUT2D eigenvalue weighted by atomic mass is 10.2. The van der Waals surface area contributed by atoms with E-state index in [4.69, 9.17) is 16.3 Å². The molecule has 1 aliphatic rings. The number of nitrogens with zero attached hydrogens (tertiary/aromatic N) is 2. The summed E-state index contributed by atoms with van der Waals surface area (Å²) in [6.07, 6.45) is 6.98. The number of pyridine rings is 1. The summed E-state index contributed by atoms with van der Waals surface area (Å²) in [7, 11) is 1.65. The van der Waals surface area contributed by atoms with Gasteiger partial charge in [0.25, 0.3) is 0 Å². The number of hydrogen-bond acceptors (Lipinski definition) is 3. The van der Waals surface area contributed by atoms with Gasteiger partial charge in [-0.15, -0.1) is 11.6 Å². The maximum absolute atomic E-state index is 5.91. The number of hydrogen-bond donors (Lipinski definition) is 0. The molecule has 3 nitrogen and oxygen atoms in total. The summed E-state index contributed by atoms with van der Waals surface area (Å²) in [5.74, 6) is 1.32. The highest BCUT2D eigenvalue weighted by Crippen LogP contribution is 2.29. The van der Waals surface area contributed by atoms with Crippen LogP contribution in [-0.4, -0.2) is 30.6 Å². The molecule has 0 bridgehead atoms. The lowest BCUT2D eigenvalue weighted by Crippen LogP contribution is -2.34. The fourth-order valence-corrected chi connectivity index (χ4v) is 2.70. The number of aromatic nitrogens is 1. The van der Waals surface area contributed by atoms with Crippen LogP contribution in [0.3, 0.4) is 0 Å². The average molecular weight is 255 g/mol. The Kier molecular flexibility index (Phi) is 4.49. The van der Waals surface area contributed by atoms with Crippen molar-refractivity contribution >= 4 is 17.3 Å². The van der Waals surface area contributed by atoms with Crippen LogP contribution in [-0.2, 0) is 0 Å². The quantitative estimate of drug-likeness (QED) is 0.755. The van der Waals surface area contributed by atoms with Crippen LogP contribution in [0.2, 0.25) is 0 Å². The van der Waals surface area contributed by atoms with Crippen LogP contribution in [0, 0.1) is 0 Å². The predicted molar refractivity (Wildman–Crippen MR) is 71.1 cm³/mol. The molecule has 4 heteroatoms. The van der Waals surface area contributed by atoms with Gasteiger partial charge in [0.1, 0.15) is 0 Å². The molecule has 1 fully saturated rings. The van der Waals surface area contributed by atoms with Gasteiger partial charge in [0.05, 0.1) is 7.11 Å². The van der Waals surface area contributed by atoms with Crippen molar-refractivity contribution in [3.05, 3.63) is 18.3 Å². The SMILES string of the molecule is COc1cc(N(CCCl)C2CCCC2)ccn1. The monoisotopic (exact) mass is 254 g/mol. The third kappa shape index (κ3) is 3.03. The van der Waals surface area contributed by atoms with E-state index >= 15 is 0 Å². The first-order chi connectivity index (χ1) is 8.35. The summed E-state index contributed by atoms with van der Waals surface area (Å²) in [4.78, 5) is 6.54. The van der Waals surface area contributed by atoms with E-state index in [0.717, 1.165) is 6.54 Å². The van der Waals surface area contributed by atoms with Gasteiger partial charge in [0.2, 0.25) is 5.88 Å². The second kappa shape index (κ2) is 6.10. The fraction of sp³-hybridized carbons (Fsp3) is 0.615. The van der Waals surface area contributed by atoms with Gasteiger partial charge in [-0.3, -0.25) is 0 Å². The molecule has 94 valence electrons. The lowest BCUT2D eigenvalue weighted by molar-refractivity contribution is 0.397. The largest absolute Gasteiger partial charge is 0.481 e. The number of halogens is 1. The normalized spacial score (nSPS) is 16.1. The Hall–Kier alpha value is -0.960. The van der Waals surface area contributed by atoms with Crippen LogP contribution in [0.5, 0.6) is 5.88 Å². The van der Waals surface area contributed by atoms with Crippen molar-refractivity contribution in [3.63, 3.8) is 0 Å². The van der Waals surface area contributed by atoms with Crippen molar-refractivity contribution in [1.82, 2.24) is 4.98 Å². The molecule has 0 unspecified atom stereocenters. The van der Waals surface area contributed by atoms with E-state index in [0.29, 0.717) is 17.8 Å². The van der Waals surface area contributed by atoms with Crippen molar-refractivity contribution in [2.45, 2.75) is 31.7 Å². The number of methoxy groups -OCH3 is 1. The summed E-state index contributed by atoms with van der Waals surface area (Å²) in [6, 6.07) is 4.65. The summed E-state index contributed by atoms with van der Waals surface area (Å²) in [5.41, 5.74) is 1.17. The highest BCUT2D eigenvalue weighted by atomic mass is 35.5. The molecule has 0 N–H and O–H groups in total. The van der Waals surface area contributed by atoms with E-state index in [1.807, 2.05) is 12.1 Å². The third-order valence-electron chi connectivity index (χ3n) is 3.35. The smallest absolute Gasteiger partial charge is 0.214 e. The molecule has 1 saturated carbocycles. The van der Waals surface area contributed by atoms with Crippen LogP contribution in [0.15, 0.2) is 18.3 Å². The minimum Gasteiger partial charge on any atom is -0.481 e. The first-order valence-corrected chi connectivity index (χ1v) is 6.71. The molecule has 0 spiro atoms. The molecule has 2 rings (SSSR count). The Morgan fingerprint density at radius 3 is 2.88 bits per heavy atom. The summed E-state index contributed by atoms with van der Waals surface area (Å²) < 4.78 is 5.18. The van der Waals surface area contributed by atoms with E-state index in [1.54, 1.807) is 13.3 Å². The van der Waals surface area contributed by atoms with Gasteiger partial charge >= 0.3 is 0 Å². The molecule has 0 amide bonds.